The molecule has 0 aliphatic carbocycles. The summed E-state index contributed by atoms with van der Waals surface area (Å²) in [7, 11) is 1.04. The van der Waals surface area contributed by atoms with E-state index in [1.165, 1.54) is 0 Å². The lowest BCUT2D eigenvalue weighted by molar-refractivity contribution is -0.447. The number of carbonyl (C=O) groups excluding carboxylic acids is 1. The van der Waals surface area contributed by atoms with Crippen molar-refractivity contribution in [3.8, 4) is 0 Å². The largest absolute Gasteiger partial charge is 0.553 e. The van der Waals surface area contributed by atoms with Gasteiger partial charge in [0.05, 0.1) is 6.20 Å². The molecular formula is C5H8N2O3. The van der Waals surface area contributed by atoms with Crippen LogP contribution in [0.15, 0.2) is 17.4 Å². The Morgan fingerprint density at radius 1 is 1.80 bits per heavy atom. The van der Waals surface area contributed by atoms with Crippen LogP contribution in [0, 0.1) is 0 Å². The van der Waals surface area contributed by atoms with Crippen LogP contribution in [0.25, 0.3) is 0 Å². The fourth-order valence-corrected chi connectivity index (χ4v) is 0.248. The van der Waals surface area contributed by atoms with Crippen LogP contribution in [0.4, 0.5) is 4.79 Å². The predicted molar refractivity (Wildman–Crippen MR) is 32.0 cm³/mol. The standard InChI is InChI=1S/C3H4N2.C2H4O3/c1-2-5-3-4-1;1-5-2(3)4/h1-3H,(H,4,5);1H3,(H,3,4). The van der Waals surface area contributed by atoms with E-state index in [1.807, 2.05) is 11.5 Å². The molecule has 0 aromatic rings. The monoisotopic (exact) mass is 144 g/mol. The van der Waals surface area contributed by atoms with Crippen LogP contribution in [0.1, 0.15) is 0 Å². The number of nitrogens with two attached hydrogens (primary N) is 1. The molecule has 2 N–H and O–H groups in total. The summed E-state index contributed by atoms with van der Waals surface area (Å²) in [5, 5.41) is 10.9. The van der Waals surface area contributed by atoms with Gasteiger partial charge in [0.2, 0.25) is 0 Å². The SMILES string of the molecule is C1=C[NH2+]C=N1.COC(=O)[O-]. The van der Waals surface area contributed by atoms with E-state index in [0.29, 0.717) is 0 Å². The van der Waals surface area contributed by atoms with Crippen molar-refractivity contribution in [2.45, 2.75) is 0 Å². The zero-order valence-electron chi connectivity index (χ0n) is 5.48. The molecule has 56 valence electrons. The molecular weight excluding hydrogens is 136 g/mol. The second-order valence-electron chi connectivity index (χ2n) is 1.29. The molecule has 5 heteroatoms. The van der Waals surface area contributed by atoms with Gasteiger partial charge in [0.1, 0.15) is 6.20 Å². The smallest absolute Gasteiger partial charge is 0.251 e. The van der Waals surface area contributed by atoms with E-state index in [0.717, 1.165) is 7.11 Å². The Hall–Kier alpha value is -1.36. The highest BCUT2D eigenvalue weighted by molar-refractivity contribution is 5.53. The molecule has 0 amide bonds. The third kappa shape index (κ3) is 6.64. The number of hydrogen-bond donors (Lipinski definition) is 1. The maximum Gasteiger partial charge on any atom is 0.251 e. The molecule has 1 heterocycles. The molecule has 0 saturated heterocycles. The van der Waals surface area contributed by atoms with E-state index >= 15 is 0 Å². The van der Waals surface area contributed by atoms with Gasteiger partial charge in [0.25, 0.3) is 6.16 Å². The average molecular weight is 144 g/mol. The third-order valence-corrected chi connectivity index (χ3v) is 0.622. The number of quaternary nitrogens is 1. The van der Waals surface area contributed by atoms with Crippen LogP contribution in [0.3, 0.4) is 0 Å². The zero-order valence-corrected chi connectivity index (χ0v) is 5.48. The summed E-state index contributed by atoms with van der Waals surface area (Å²) in [5.74, 6) is 0. The molecule has 0 fully saturated rings. The normalized spacial score (nSPS) is 12.1. The molecule has 0 radical (unpaired) electrons. The Labute approximate surface area is 58.0 Å². The van der Waals surface area contributed by atoms with Crippen LogP contribution in [0.2, 0.25) is 0 Å². The quantitative estimate of drug-likeness (QED) is 0.401. The second kappa shape index (κ2) is 5.77. The van der Waals surface area contributed by atoms with E-state index in [9.17, 15) is 0 Å². The van der Waals surface area contributed by atoms with E-state index < -0.39 is 6.16 Å². The second-order valence-corrected chi connectivity index (χ2v) is 1.29. The van der Waals surface area contributed by atoms with Gasteiger partial charge >= 0.3 is 0 Å². The van der Waals surface area contributed by atoms with Crippen molar-refractivity contribution in [2.75, 3.05) is 7.11 Å². The van der Waals surface area contributed by atoms with Crippen LogP contribution in [-0.4, -0.2) is 19.6 Å². The molecule has 0 saturated carbocycles. The van der Waals surface area contributed by atoms with Crippen LogP contribution < -0.4 is 10.4 Å². The molecule has 0 bridgehead atoms. The summed E-state index contributed by atoms with van der Waals surface area (Å²) in [6.07, 6.45) is 3.89. The van der Waals surface area contributed by atoms with Crippen molar-refractivity contribution >= 4 is 12.5 Å². The van der Waals surface area contributed by atoms with Gasteiger partial charge in [-0.2, -0.15) is 0 Å². The van der Waals surface area contributed by atoms with Gasteiger partial charge in [-0.25, -0.2) is 4.99 Å². The van der Waals surface area contributed by atoms with Gasteiger partial charge in [0.15, 0.2) is 6.34 Å². The Bertz CT molecular complexity index is 143. The number of hydrogen-bond acceptors (Lipinski definition) is 4. The molecule has 1 aliphatic rings. The van der Waals surface area contributed by atoms with Crippen LogP contribution in [0.5, 0.6) is 0 Å². The maximum absolute atomic E-state index is 9.03. The lowest BCUT2D eigenvalue weighted by Gasteiger charge is -1.92. The molecule has 0 spiro atoms. The predicted octanol–water partition coefficient (Wildman–Crippen LogP) is -1.96. The number of methoxy groups -OCH3 is 1. The third-order valence-electron chi connectivity index (χ3n) is 0.622. The summed E-state index contributed by atoms with van der Waals surface area (Å²) in [4.78, 5) is 12.8. The molecule has 0 unspecified atom stereocenters. The molecule has 1 rings (SSSR count). The molecule has 0 aromatic heterocycles. The van der Waals surface area contributed by atoms with Gasteiger partial charge in [-0.15, -0.1) is 0 Å². The minimum absolute atomic E-state index is 1.04. The van der Waals surface area contributed by atoms with Crippen LogP contribution >= 0.6 is 0 Å². The van der Waals surface area contributed by atoms with Gasteiger partial charge in [-0.3, -0.25) is 5.32 Å². The first-order valence-electron chi connectivity index (χ1n) is 2.54. The Balaban J connectivity index is 0.000000162. The number of ether oxygens (including phenoxy) is 1. The Morgan fingerprint density at radius 3 is 2.50 bits per heavy atom. The summed E-state index contributed by atoms with van der Waals surface area (Å²) >= 11 is 0. The lowest BCUT2D eigenvalue weighted by atomic mass is 11.0. The van der Waals surface area contributed by atoms with E-state index in [1.54, 1.807) is 12.5 Å². The van der Waals surface area contributed by atoms with Crippen molar-refractivity contribution in [3.63, 3.8) is 0 Å². The van der Waals surface area contributed by atoms with Crippen molar-refractivity contribution in [1.29, 1.82) is 0 Å². The fourth-order valence-electron chi connectivity index (χ4n) is 0.248. The summed E-state index contributed by atoms with van der Waals surface area (Å²) in [5.41, 5.74) is 0. The van der Waals surface area contributed by atoms with Gasteiger partial charge in [0, 0.05) is 7.11 Å². The summed E-state index contributed by atoms with van der Waals surface area (Å²) < 4.78 is 3.56. The lowest BCUT2D eigenvalue weighted by Crippen LogP contribution is -2.74. The van der Waals surface area contributed by atoms with Crippen molar-refractivity contribution < 1.29 is 20.0 Å². The Kier molecular flexibility index (Phi) is 4.99. The Morgan fingerprint density at radius 2 is 2.40 bits per heavy atom. The maximum atomic E-state index is 9.03. The summed E-state index contributed by atoms with van der Waals surface area (Å²) in [6, 6.07) is 0. The molecule has 1 aliphatic heterocycles. The molecule has 0 aromatic carbocycles. The van der Waals surface area contributed by atoms with E-state index in [-0.39, 0.29) is 0 Å². The van der Waals surface area contributed by atoms with Gasteiger partial charge in [-0.05, 0) is 0 Å². The topological polar surface area (TPSA) is 78.3 Å². The first-order chi connectivity index (χ1) is 4.77. The first kappa shape index (κ1) is 8.64. The summed E-state index contributed by atoms with van der Waals surface area (Å²) in [6.45, 7) is 0. The minimum atomic E-state index is -1.50. The van der Waals surface area contributed by atoms with Gasteiger partial charge in [-0.1, -0.05) is 0 Å². The minimum Gasteiger partial charge on any atom is -0.553 e. The fraction of sp³-hybridized carbons (Fsp3) is 0.200. The van der Waals surface area contributed by atoms with Crippen LogP contribution in [-0.2, 0) is 4.74 Å². The average Bonchev–Trinajstić information content (AvgIpc) is 2.43. The number of nitrogens with zero attached hydrogens (tertiary/aromatic N) is 1. The number of carboxylic acid groups (broad SMARTS) is 1. The first-order valence-corrected chi connectivity index (χ1v) is 2.54. The van der Waals surface area contributed by atoms with E-state index in [4.69, 9.17) is 9.90 Å². The highest BCUT2D eigenvalue weighted by Crippen LogP contribution is 1.63. The highest BCUT2D eigenvalue weighted by atomic mass is 16.6. The number of carbonyl (C=O) groups is 1. The zero-order chi connectivity index (χ0) is 7.82. The van der Waals surface area contributed by atoms with Crippen molar-refractivity contribution in [3.05, 3.63) is 12.4 Å². The van der Waals surface area contributed by atoms with Crippen molar-refractivity contribution in [2.24, 2.45) is 4.99 Å². The molecule has 5 nitrogen and oxygen atoms in total. The van der Waals surface area contributed by atoms with Crippen molar-refractivity contribution in [1.82, 2.24) is 0 Å². The number of aliphatic imine (C=N–C) groups is 1. The van der Waals surface area contributed by atoms with Gasteiger partial charge < -0.3 is 14.6 Å². The number of rotatable bonds is 0. The molecule has 0 atom stereocenters. The van der Waals surface area contributed by atoms with E-state index in [2.05, 4.69) is 9.73 Å². The highest BCUT2D eigenvalue weighted by Gasteiger charge is 1.76. The molecule has 10 heavy (non-hydrogen) atoms.